The third-order valence-corrected chi connectivity index (χ3v) is 7.48. The maximum atomic E-state index is 13.5. The Morgan fingerprint density at radius 3 is 2.35 bits per heavy atom. The first-order valence-corrected chi connectivity index (χ1v) is 13.6. The van der Waals surface area contributed by atoms with Crippen molar-refractivity contribution in [2.45, 2.75) is 54.9 Å². The number of phenolic OH excluding ortho intramolecular Hbond substituents is 1. The molecule has 2 heterocycles. The van der Waals surface area contributed by atoms with Crippen LogP contribution in [0.5, 0.6) is 5.75 Å². The summed E-state index contributed by atoms with van der Waals surface area (Å²) in [5.74, 6) is -0.347. The molecule has 2 bridgehead atoms. The Bertz CT molecular complexity index is 1190. The van der Waals surface area contributed by atoms with E-state index in [1.54, 1.807) is 17.0 Å². The van der Waals surface area contributed by atoms with Crippen molar-refractivity contribution in [3.63, 3.8) is 0 Å². The van der Waals surface area contributed by atoms with Crippen molar-refractivity contribution < 1.29 is 19.4 Å². The topological polar surface area (TPSA) is 78.9 Å². The molecule has 2 aliphatic rings. The molecule has 2 aliphatic heterocycles. The molecule has 37 heavy (non-hydrogen) atoms. The summed E-state index contributed by atoms with van der Waals surface area (Å²) in [5.41, 5.74) is 3.25. The van der Waals surface area contributed by atoms with E-state index in [0.717, 1.165) is 28.7 Å². The lowest BCUT2D eigenvalue weighted by atomic mass is 9.80. The number of alkyl halides is 3. The van der Waals surface area contributed by atoms with Crippen LogP contribution in [0.15, 0.2) is 54.1 Å². The highest BCUT2D eigenvalue weighted by molar-refractivity contribution is 6.67. The van der Waals surface area contributed by atoms with E-state index in [1.807, 2.05) is 50.2 Å². The van der Waals surface area contributed by atoms with Crippen molar-refractivity contribution in [1.29, 1.82) is 0 Å². The van der Waals surface area contributed by atoms with Gasteiger partial charge in [0, 0.05) is 24.7 Å². The molecule has 0 saturated carbocycles. The number of esters is 1. The average molecular weight is 566 g/mol. The molecule has 4 rings (SSSR count). The summed E-state index contributed by atoms with van der Waals surface area (Å²) < 4.78 is 3.74. The van der Waals surface area contributed by atoms with Crippen molar-refractivity contribution in [3.05, 3.63) is 70.8 Å². The average Bonchev–Trinajstić information content (AvgIpc) is 3.19. The second kappa shape index (κ2) is 11.2. The van der Waals surface area contributed by atoms with Crippen LogP contribution in [-0.4, -0.2) is 57.0 Å². The fraction of sp³-hybridized carbons (Fsp3) is 0.429. The Hall–Kier alpha value is -2.25. The largest absolute Gasteiger partial charge is 0.508 e. The van der Waals surface area contributed by atoms with Gasteiger partial charge in [0.25, 0.3) is 5.91 Å². The zero-order valence-corrected chi connectivity index (χ0v) is 23.2. The fourth-order valence-electron chi connectivity index (χ4n) is 5.44. The van der Waals surface area contributed by atoms with E-state index in [4.69, 9.17) is 39.5 Å². The van der Waals surface area contributed by atoms with E-state index in [1.165, 1.54) is 0 Å². The fourth-order valence-corrected chi connectivity index (χ4v) is 5.60. The maximum absolute atomic E-state index is 13.5. The summed E-state index contributed by atoms with van der Waals surface area (Å²) in [4.78, 5) is 28.6. The van der Waals surface area contributed by atoms with Gasteiger partial charge in [-0.05, 0) is 74.4 Å². The van der Waals surface area contributed by atoms with Gasteiger partial charge in [-0.15, -0.1) is 0 Å². The summed E-state index contributed by atoms with van der Waals surface area (Å²) in [7, 11) is 0. The van der Waals surface area contributed by atoms with Gasteiger partial charge < -0.3 is 14.7 Å². The number of carbonyl (C=O) groups is 2. The first-order chi connectivity index (χ1) is 17.6. The van der Waals surface area contributed by atoms with Gasteiger partial charge in [-0.1, -0.05) is 70.7 Å². The van der Waals surface area contributed by atoms with Crippen molar-refractivity contribution in [2.75, 3.05) is 19.7 Å². The second-order valence-corrected chi connectivity index (χ2v) is 12.1. The zero-order chi connectivity index (χ0) is 26.8. The number of amides is 1. The first-order valence-electron chi connectivity index (χ1n) is 12.5. The van der Waals surface area contributed by atoms with Crippen LogP contribution in [0.25, 0.3) is 5.57 Å². The Labute approximate surface area is 232 Å². The van der Waals surface area contributed by atoms with Gasteiger partial charge in [0.05, 0.1) is 0 Å². The van der Waals surface area contributed by atoms with Crippen LogP contribution in [0.2, 0.25) is 0 Å². The predicted molar refractivity (Wildman–Crippen MR) is 147 cm³/mol. The Morgan fingerprint density at radius 1 is 1.08 bits per heavy atom. The monoisotopic (exact) mass is 564 g/mol. The summed E-state index contributed by atoms with van der Waals surface area (Å²) in [5, 5.41) is 13.4. The van der Waals surface area contributed by atoms with Crippen LogP contribution in [-0.2, 0) is 9.53 Å². The molecule has 0 radical (unpaired) electrons. The normalized spacial score (nSPS) is 22.5. The number of nitrogens with zero attached hydrogens (tertiary/aromatic N) is 1. The third-order valence-electron chi connectivity index (χ3n) is 7.15. The molecule has 198 valence electrons. The number of phenols is 1. The molecule has 9 heteroatoms. The Morgan fingerprint density at radius 2 is 1.73 bits per heavy atom. The Kier molecular flexibility index (Phi) is 8.44. The minimum atomic E-state index is -1.70. The molecule has 2 fully saturated rings. The molecule has 2 saturated heterocycles. The van der Waals surface area contributed by atoms with Crippen molar-refractivity contribution in [3.8, 4) is 5.75 Å². The van der Waals surface area contributed by atoms with Gasteiger partial charge in [0.2, 0.25) is 3.79 Å². The van der Waals surface area contributed by atoms with Crippen LogP contribution in [0.3, 0.4) is 0 Å². The SMILES string of the molecule is CCN(CC)C(=O)c1ccccc1C(=C1CC2CCC(C(=O)OCC(Cl)(Cl)Cl)(C1)N2)c1ccc(O)cc1. The van der Waals surface area contributed by atoms with Crippen LogP contribution in [0, 0.1) is 0 Å². The van der Waals surface area contributed by atoms with Crippen LogP contribution in [0.4, 0.5) is 0 Å². The van der Waals surface area contributed by atoms with E-state index in [0.29, 0.717) is 37.9 Å². The number of nitrogens with one attached hydrogen (secondary N) is 1. The molecule has 2 N–H and O–H groups in total. The third kappa shape index (κ3) is 6.09. The summed E-state index contributed by atoms with van der Waals surface area (Å²) in [6.45, 7) is 4.77. The standard InChI is InChI=1S/C28H31Cl3N2O4/c1-3-33(4-2)25(35)23-8-6-5-7-22(23)24(18-9-11-21(34)12-10-18)19-15-20-13-14-27(16-19,32-20)26(36)37-17-28(29,30)31/h5-12,20,32,34H,3-4,13-17H2,1-2H3. The molecule has 2 unspecified atom stereocenters. The number of hydrogen-bond acceptors (Lipinski definition) is 5. The van der Waals surface area contributed by atoms with Crippen LogP contribution < -0.4 is 5.32 Å². The van der Waals surface area contributed by atoms with Gasteiger partial charge in [-0.25, -0.2) is 0 Å². The second-order valence-electron chi connectivity index (χ2n) is 9.58. The van der Waals surface area contributed by atoms with Gasteiger partial charge in [0.15, 0.2) is 0 Å². The molecule has 0 spiro atoms. The number of carbonyl (C=O) groups excluding carboxylic acids is 2. The molecule has 0 aromatic heterocycles. The van der Waals surface area contributed by atoms with E-state index in [9.17, 15) is 14.7 Å². The first kappa shape index (κ1) is 27.8. The van der Waals surface area contributed by atoms with Crippen molar-refractivity contribution in [2.24, 2.45) is 0 Å². The van der Waals surface area contributed by atoms with E-state index < -0.39 is 15.3 Å². The predicted octanol–water partition coefficient (Wildman–Crippen LogP) is 5.87. The minimum Gasteiger partial charge on any atom is -0.508 e. The van der Waals surface area contributed by atoms with Crippen LogP contribution in [0.1, 0.15) is 61.0 Å². The van der Waals surface area contributed by atoms with Crippen molar-refractivity contribution in [1.82, 2.24) is 10.2 Å². The van der Waals surface area contributed by atoms with E-state index in [2.05, 4.69) is 5.32 Å². The molecule has 0 aliphatic carbocycles. The zero-order valence-electron chi connectivity index (χ0n) is 20.9. The number of hydrogen-bond donors (Lipinski definition) is 2. The van der Waals surface area contributed by atoms with Gasteiger partial charge in [-0.3, -0.25) is 14.9 Å². The molecule has 1 amide bonds. The molecular weight excluding hydrogens is 535 g/mol. The summed E-state index contributed by atoms with van der Waals surface area (Å²) in [6.07, 6.45) is 2.51. The van der Waals surface area contributed by atoms with Gasteiger partial charge in [-0.2, -0.15) is 0 Å². The molecule has 2 aromatic carbocycles. The highest BCUT2D eigenvalue weighted by atomic mass is 35.6. The molecule has 2 atom stereocenters. The highest BCUT2D eigenvalue weighted by Crippen LogP contribution is 2.45. The lowest BCUT2D eigenvalue weighted by Gasteiger charge is -2.36. The quantitative estimate of drug-likeness (QED) is 0.324. The summed E-state index contributed by atoms with van der Waals surface area (Å²) >= 11 is 17.5. The molecule has 2 aromatic rings. The Balaban J connectivity index is 1.84. The number of fused-ring (bicyclic) bond motifs is 2. The summed E-state index contributed by atoms with van der Waals surface area (Å²) in [6, 6.07) is 14.6. The number of rotatable bonds is 7. The van der Waals surface area contributed by atoms with Crippen molar-refractivity contribution >= 4 is 52.3 Å². The number of piperidine rings is 1. The lowest BCUT2D eigenvalue weighted by molar-refractivity contribution is -0.151. The molecular formula is C28H31Cl3N2O4. The smallest absolute Gasteiger partial charge is 0.326 e. The number of benzene rings is 2. The number of aromatic hydroxyl groups is 1. The number of ether oxygens (including phenoxy) is 1. The van der Waals surface area contributed by atoms with Gasteiger partial charge >= 0.3 is 5.97 Å². The van der Waals surface area contributed by atoms with Gasteiger partial charge in [0.1, 0.15) is 17.9 Å². The van der Waals surface area contributed by atoms with Crippen LogP contribution >= 0.6 is 34.8 Å². The van der Waals surface area contributed by atoms with E-state index >= 15 is 0 Å². The molecule has 6 nitrogen and oxygen atoms in total. The highest BCUT2D eigenvalue weighted by Gasteiger charge is 2.51. The number of halogens is 3. The maximum Gasteiger partial charge on any atom is 0.326 e. The minimum absolute atomic E-state index is 0.0498. The lowest BCUT2D eigenvalue weighted by Crippen LogP contribution is -2.54. The van der Waals surface area contributed by atoms with E-state index in [-0.39, 0.29) is 24.3 Å².